The van der Waals surface area contributed by atoms with Gasteiger partial charge in [-0.3, -0.25) is 14.4 Å². The first kappa shape index (κ1) is 33.8. The highest BCUT2D eigenvalue weighted by Gasteiger charge is 2.36. The molecule has 0 bridgehead atoms. The van der Waals surface area contributed by atoms with Crippen LogP contribution in [-0.4, -0.2) is 47.9 Å². The van der Waals surface area contributed by atoms with E-state index in [9.17, 15) is 19.2 Å². The van der Waals surface area contributed by atoms with Gasteiger partial charge in [0.15, 0.2) is 0 Å². The minimum Gasteiger partial charge on any atom is -0.460 e. The largest absolute Gasteiger partial charge is 0.460 e. The van der Waals surface area contributed by atoms with Crippen molar-refractivity contribution in [3.05, 3.63) is 71.8 Å². The van der Waals surface area contributed by atoms with Gasteiger partial charge in [0, 0.05) is 12.8 Å². The van der Waals surface area contributed by atoms with Gasteiger partial charge in [-0.2, -0.15) is 0 Å². The molecule has 1 fully saturated rings. The zero-order valence-corrected chi connectivity index (χ0v) is 26.1. The zero-order chi connectivity index (χ0) is 31.2. The molecule has 8 nitrogen and oxygen atoms in total. The number of carbonyl (C=O) groups excluding carboxylic acids is 4. The Hall–Kier alpha value is -3.68. The summed E-state index contributed by atoms with van der Waals surface area (Å²) in [5.74, 6) is -2.12. The van der Waals surface area contributed by atoms with Crippen molar-refractivity contribution in [3.8, 4) is 0 Å². The van der Waals surface area contributed by atoms with Crippen molar-refractivity contribution in [2.75, 3.05) is 0 Å². The third kappa shape index (κ3) is 10.8. The van der Waals surface area contributed by atoms with Gasteiger partial charge >= 0.3 is 5.97 Å². The molecule has 1 heterocycles. The van der Waals surface area contributed by atoms with Crippen molar-refractivity contribution < 1.29 is 23.9 Å². The Morgan fingerprint density at radius 3 is 1.84 bits per heavy atom. The van der Waals surface area contributed by atoms with E-state index in [0.29, 0.717) is 6.42 Å². The second kappa shape index (κ2) is 17.4. The summed E-state index contributed by atoms with van der Waals surface area (Å²) in [6, 6.07) is 16.1. The van der Waals surface area contributed by atoms with Crippen molar-refractivity contribution in [1.29, 1.82) is 0 Å². The van der Waals surface area contributed by atoms with E-state index in [-0.39, 0.29) is 37.0 Å². The Bertz CT molecular complexity index is 1170. The van der Waals surface area contributed by atoms with E-state index in [4.69, 9.17) is 4.74 Å². The summed E-state index contributed by atoms with van der Waals surface area (Å²) in [4.78, 5) is 54.6. The molecule has 1 saturated heterocycles. The van der Waals surface area contributed by atoms with Gasteiger partial charge in [-0.1, -0.05) is 120 Å². The van der Waals surface area contributed by atoms with E-state index in [2.05, 4.69) is 22.9 Å². The van der Waals surface area contributed by atoms with Crippen LogP contribution in [0.15, 0.2) is 60.7 Å². The van der Waals surface area contributed by atoms with Crippen molar-refractivity contribution in [2.45, 2.75) is 110 Å². The lowest BCUT2D eigenvalue weighted by molar-refractivity contribution is -0.158. The molecule has 43 heavy (non-hydrogen) atoms. The van der Waals surface area contributed by atoms with Gasteiger partial charge in [0.05, 0.1) is 6.42 Å². The molecular formula is C35H49N3O5. The average molecular weight is 592 g/mol. The lowest BCUT2D eigenvalue weighted by Crippen LogP contribution is -2.57. The van der Waals surface area contributed by atoms with Gasteiger partial charge in [0.2, 0.25) is 17.7 Å². The van der Waals surface area contributed by atoms with Crippen LogP contribution in [0.4, 0.5) is 0 Å². The van der Waals surface area contributed by atoms with Crippen molar-refractivity contribution >= 4 is 23.7 Å². The van der Waals surface area contributed by atoms with Crippen LogP contribution in [0.1, 0.15) is 83.8 Å². The highest BCUT2D eigenvalue weighted by Crippen LogP contribution is 2.22. The maximum Gasteiger partial charge on any atom is 0.329 e. The molecule has 2 aromatic rings. The minimum atomic E-state index is -0.960. The summed E-state index contributed by atoms with van der Waals surface area (Å²) >= 11 is 0. The molecule has 1 aliphatic rings. The number of nitrogens with one attached hydrogen (secondary N) is 3. The molecule has 0 aliphatic carbocycles. The second-order valence-corrected chi connectivity index (χ2v) is 11.9. The summed E-state index contributed by atoms with van der Waals surface area (Å²) < 4.78 is 6.05. The Morgan fingerprint density at radius 1 is 0.721 bits per heavy atom. The maximum atomic E-state index is 13.8. The maximum absolute atomic E-state index is 13.8. The van der Waals surface area contributed by atoms with Crippen LogP contribution in [-0.2, 0) is 36.8 Å². The summed E-state index contributed by atoms with van der Waals surface area (Å²) in [5.41, 5.74) is 1.73. The van der Waals surface area contributed by atoms with Crippen molar-refractivity contribution in [2.24, 2.45) is 11.8 Å². The van der Waals surface area contributed by atoms with Crippen molar-refractivity contribution in [3.63, 3.8) is 0 Å². The molecule has 8 heteroatoms. The molecule has 0 aromatic heterocycles. The van der Waals surface area contributed by atoms with Gasteiger partial charge in [-0.25, -0.2) is 4.79 Å². The minimum absolute atomic E-state index is 0.0616. The number of hydrogen-bond acceptors (Lipinski definition) is 5. The molecule has 3 N–H and O–H groups in total. The fraction of sp³-hybridized carbons (Fsp3) is 0.543. The predicted octanol–water partition coefficient (Wildman–Crippen LogP) is 4.89. The molecule has 2 unspecified atom stereocenters. The monoisotopic (exact) mass is 591 g/mol. The smallest absolute Gasteiger partial charge is 0.329 e. The first-order valence-electron chi connectivity index (χ1n) is 15.9. The van der Waals surface area contributed by atoms with Crippen LogP contribution in [0.5, 0.6) is 0 Å². The molecule has 0 spiro atoms. The van der Waals surface area contributed by atoms with E-state index in [1.165, 1.54) is 0 Å². The molecule has 3 rings (SSSR count). The van der Waals surface area contributed by atoms with E-state index in [1.807, 2.05) is 81.4 Å². The molecular weight excluding hydrogens is 542 g/mol. The second-order valence-electron chi connectivity index (χ2n) is 11.9. The van der Waals surface area contributed by atoms with Crippen LogP contribution < -0.4 is 16.0 Å². The van der Waals surface area contributed by atoms with E-state index >= 15 is 0 Å². The first-order valence-corrected chi connectivity index (χ1v) is 15.9. The van der Waals surface area contributed by atoms with Gasteiger partial charge in [0.1, 0.15) is 24.2 Å². The quantitative estimate of drug-likeness (QED) is 0.240. The highest BCUT2D eigenvalue weighted by molar-refractivity contribution is 5.94. The van der Waals surface area contributed by atoms with Gasteiger partial charge in [-0.15, -0.1) is 0 Å². The zero-order valence-electron chi connectivity index (χ0n) is 26.1. The van der Waals surface area contributed by atoms with E-state index in [0.717, 1.165) is 43.2 Å². The number of esters is 1. The fourth-order valence-electron chi connectivity index (χ4n) is 5.41. The van der Waals surface area contributed by atoms with E-state index < -0.39 is 42.0 Å². The number of rotatable bonds is 12. The molecule has 0 saturated carbocycles. The third-order valence-electron chi connectivity index (χ3n) is 8.42. The number of ether oxygens (including phenoxy) is 1. The number of cyclic esters (lactones) is 1. The Kier molecular flexibility index (Phi) is 13.7. The topological polar surface area (TPSA) is 114 Å². The number of benzene rings is 2. The van der Waals surface area contributed by atoms with Crippen molar-refractivity contribution in [1.82, 2.24) is 16.0 Å². The standard InChI is InChI=1S/C35H49N3O5/c1-5-7-8-11-16-25(4)30-23-31(39)36-28(21-26-17-12-9-13-18-26)33(40)37-29(22-27-19-14-10-15-20-27)34(41)38-32(24(3)6-2)35(42)43-30/h9-10,12-15,17-20,24-25,28-30,32H,5-8,11,16,21-23H2,1-4H3,(H,36,39)(H,37,40)(H,38,41)/t24-,25?,28+,29+,30?,32-/m1/s1. The van der Waals surface area contributed by atoms with Gasteiger partial charge in [0.25, 0.3) is 0 Å². The lowest BCUT2D eigenvalue weighted by atomic mass is 9.93. The SMILES string of the molecule is CCCCCCC(C)C1CC(=O)N[C@@H](Cc2ccccc2)C(=O)N[C@@H](Cc2ccccc2)C(=O)N[C@H]([C@H](C)CC)C(=O)O1. The Morgan fingerprint density at radius 2 is 1.28 bits per heavy atom. The van der Waals surface area contributed by atoms with Crippen LogP contribution in [0.3, 0.4) is 0 Å². The Balaban J connectivity index is 1.96. The number of unbranched alkanes of at least 4 members (excludes halogenated alkanes) is 3. The predicted molar refractivity (Wildman–Crippen MR) is 168 cm³/mol. The van der Waals surface area contributed by atoms with Gasteiger partial charge < -0.3 is 20.7 Å². The molecule has 0 radical (unpaired) electrons. The highest BCUT2D eigenvalue weighted by atomic mass is 16.5. The summed E-state index contributed by atoms with van der Waals surface area (Å²) in [6.07, 6.45) is 5.45. The molecule has 234 valence electrons. The normalized spacial score (nSPS) is 23.3. The fourth-order valence-corrected chi connectivity index (χ4v) is 5.41. The summed E-state index contributed by atoms with van der Waals surface area (Å²) in [5, 5.41) is 8.70. The first-order chi connectivity index (χ1) is 20.7. The van der Waals surface area contributed by atoms with E-state index in [1.54, 1.807) is 0 Å². The third-order valence-corrected chi connectivity index (χ3v) is 8.42. The van der Waals surface area contributed by atoms with Crippen LogP contribution in [0.2, 0.25) is 0 Å². The number of amides is 3. The van der Waals surface area contributed by atoms with Crippen LogP contribution in [0.25, 0.3) is 0 Å². The van der Waals surface area contributed by atoms with Crippen LogP contribution in [0, 0.1) is 11.8 Å². The average Bonchev–Trinajstić information content (AvgIpc) is 3.01. The van der Waals surface area contributed by atoms with Crippen LogP contribution >= 0.6 is 0 Å². The number of carbonyl (C=O) groups is 4. The summed E-state index contributed by atoms with van der Waals surface area (Å²) in [6.45, 7) is 7.99. The molecule has 2 aromatic carbocycles. The lowest BCUT2D eigenvalue weighted by Gasteiger charge is -2.29. The molecule has 6 atom stereocenters. The molecule has 1 aliphatic heterocycles. The Labute approximate surface area is 256 Å². The molecule has 3 amide bonds. The number of hydrogen-bond donors (Lipinski definition) is 3. The van der Waals surface area contributed by atoms with Gasteiger partial charge in [-0.05, 0) is 29.4 Å². The summed E-state index contributed by atoms with van der Waals surface area (Å²) in [7, 11) is 0.